The van der Waals surface area contributed by atoms with Crippen molar-refractivity contribution in [1.82, 2.24) is 15.1 Å². The van der Waals surface area contributed by atoms with Crippen molar-refractivity contribution >= 4 is 17.8 Å². The predicted octanol–water partition coefficient (Wildman–Crippen LogP) is 1.13. The Kier molecular flexibility index (Phi) is 6.32. The van der Waals surface area contributed by atoms with Crippen LogP contribution in [0.2, 0.25) is 0 Å². The molecule has 7 heteroatoms. The fourth-order valence-corrected chi connectivity index (χ4v) is 3.99. The predicted molar refractivity (Wildman–Crippen MR) is 102 cm³/mol. The van der Waals surface area contributed by atoms with Gasteiger partial charge in [0.05, 0.1) is 12.3 Å². The number of likely N-dealkylation sites (tertiary alicyclic amines) is 2. The Morgan fingerprint density at radius 1 is 1.00 bits per heavy atom. The number of carbonyl (C=O) groups excluding carboxylic acids is 3. The van der Waals surface area contributed by atoms with Crippen molar-refractivity contribution in [3.05, 3.63) is 35.9 Å². The third kappa shape index (κ3) is 5.21. The minimum absolute atomic E-state index is 0.0434. The van der Waals surface area contributed by atoms with Gasteiger partial charge in [-0.2, -0.15) is 0 Å². The van der Waals surface area contributed by atoms with Crippen molar-refractivity contribution in [2.45, 2.75) is 38.1 Å². The highest BCUT2D eigenvalue weighted by atomic mass is 16.2. The van der Waals surface area contributed by atoms with E-state index >= 15 is 0 Å². The standard InChI is InChI=1S/C20H28N4O3/c21-20(27)22-17-8-11-23(12-9-17)19(26)16-7-4-10-24(14-16)18(25)13-15-5-2-1-3-6-15/h1-3,5-6,16-17H,4,7-14H2,(H3,21,22,27). The molecule has 2 heterocycles. The molecule has 2 aliphatic heterocycles. The molecule has 0 aromatic heterocycles. The van der Waals surface area contributed by atoms with Crippen LogP contribution in [-0.4, -0.2) is 59.9 Å². The van der Waals surface area contributed by atoms with Crippen LogP contribution in [0.4, 0.5) is 4.79 Å². The van der Waals surface area contributed by atoms with E-state index in [-0.39, 0.29) is 23.8 Å². The molecule has 2 aliphatic rings. The molecule has 7 nitrogen and oxygen atoms in total. The van der Waals surface area contributed by atoms with Crippen molar-refractivity contribution in [2.75, 3.05) is 26.2 Å². The number of hydrogen-bond acceptors (Lipinski definition) is 3. The minimum Gasteiger partial charge on any atom is -0.352 e. The average Bonchev–Trinajstić information content (AvgIpc) is 2.68. The van der Waals surface area contributed by atoms with Crippen molar-refractivity contribution in [2.24, 2.45) is 11.7 Å². The molecule has 0 radical (unpaired) electrons. The Hall–Kier alpha value is -2.57. The number of nitrogens with two attached hydrogens (primary N) is 1. The van der Waals surface area contributed by atoms with Gasteiger partial charge in [0, 0.05) is 32.2 Å². The highest BCUT2D eigenvalue weighted by molar-refractivity contribution is 5.82. The van der Waals surface area contributed by atoms with Gasteiger partial charge in [-0.3, -0.25) is 9.59 Å². The number of nitrogens with one attached hydrogen (secondary N) is 1. The van der Waals surface area contributed by atoms with E-state index < -0.39 is 6.03 Å². The zero-order valence-electron chi connectivity index (χ0n) is 15.6. The maximum atomic E-state index is 12.9. The van der Waals surface area contributed by atoms with Gasteiger partial charge >= 0.3 is 6.03 Å². The van der Waals surface area contributed by atoms with Crippen LogP contribution < -0.4 is 11.1 Å². The molecule has 27 heavy (non-hydrogen) atoms. The lowest BCUT2D eigenvalue weighted by Gasteiger charge is -2.38. The maximum Gasteiger partial charge on any atom is 0.312 e. The summed E-state index contributed by atoms with van der Waals surface area (Å²) >= 11 is 0. The third-order valence-electron chi connectivity index (χ3n) is 5.47. The number of nitrogens with zero attached hydrogens (tertiary/aromatic N) is 2. The van der Waals surface area contributed by atoms with Crippen LogP contribution in [0.5, 0.6) is 0 Å². The van der Waals surface area contributed by atoms with E-state index in [1.165, 1.54) is 0 Å². The van der Waals surface area contributed by atoms with Crippen LogP contribution in [-0.2, 0) is 16.0 Å². The lowest BCUT2D eigenvalue weighted by atomic mass is 9.94. The van der Waals surface area contributed by atoms with Gasteiger partial charge in [0.15, 0.2) is 0 Å². The number of hydrogen-bond donors (Lipinski definition) is 2. The molecule has 1 aromatic rings. The Morgan fingerprint density at radius 3 is 2.37 bits per heavy atom. The summed E-state index contributed by atoms with van der Waals surface area (Å²) in [5.74, 6) is 0.0897. The van der Waals surface area contributed by atoms with Crippen molar-refractivity contribution in [3.63, 3.8) is 0 Å². The second kappa shape index (κ2) is 8.88. The topological polar surface area (TPSA) is 95.7 Å². The lowest BCUT2D eigenvalue weighted by molar-refractivity contribution is -0.141. The molecule has 146 valence electrons. The highest BCUT2D eigenvalue weighted by Crippen LogP contribution is 2.22. The zero-order valence-corrected chi connectivity index (χ0v) is 15.6. The van der Waals surface area contributed by atoms with Gasteiger partial charge in [-0.15, -0.1) is 0 Å². The van der Waals surface area contributed by atoms with Gasteiger partial charge in [-0.1, -0.05) is 30.3 Å². The maximum absolute atomic E-state index is 12.9. The SMILES string of the molecule is NC(=O)NC1CCN(C(=O)C2CCCN(C(=O)Cc3ccccc3)C2)CC1. The molecule has 0 aliphatic carbocycles. The molecular formula is C20H28N4O3. The number of primary amides is 1. The van der Waals surface area contributed by atoms with Gasteiger partial charge in [0.1, 0.15) is 0 Å². The summed E-state index contributed by atoms with van der Waals surface area (Å²) in [6, 6.07) is 9.24. The first-order valence-electron chi connectivity index (χ1n) is 9.69. The van der Waals surface area contributed by atoms with E-state index in [0.717, 1.165) is 37.8 Å². The number of carbonyl (C=O) groups is 3. The van der Waals surface area contributed by atoms with Gasteiger partial charge < -0.3 is 20.9 Å². The molecule has 0 saturated carbocycles. The average molecular weight is 372 g/mol. The summed E-state index contributed by atoms with van der Waals surface area (Å²) in [4.78, 5) is 40.1. The molecule has 3 N–H and O–H groups in total. The Labute approximate surface area is 159 Å². The minimum atomic E-state index is -0.514. The summed E-state index contributed by atoms with van der Waals surface area (Å²) in [5, 5.41) is 2.71. The molecule has 2 saturated heterocycles. The van der Waals surface area contributed by atoms with Gasteiger partial charge in [0.25, 0.3) is 0 Å². The summed E-state index contributed by atoms with van der Waals surface area (Å²) < 4.78 is 0. The monoisotopic (exact) mass is 372 g/mol. The number of amides is 4. The van der Waals surface area contributed by atoms with E-state index in [4.69, 9.17) is 5.73 Å². The van der Waals surface area contributed by atoms with Crippen molar-refractivity contribution in [3.8, 4) is 0 Å². The summed E-state index contributed by atoms with van der Waals surface area (Å²) in [5.41, 5.74) is 6.17. The van der Waals surface area contributed by atoms with Gasteiger partial charge in [-0.25, -0.2) is 4.79 Å². The lowest BCUT2D eigenvalue weighted by Crippen LogP contribution is -2.51. The molecule has 1 unspecified atom stereocenters. The summed E-state index contributed by atoms with van der Waals surface area (Å²) in [7, 11) is 0. The van der Waals surface area contributed by atoms with E-state index in [9.17, 15) is 14.4 Å². The fraction of sp³-hybridized carbons (Fsp3) is 0.550. The second-order valence-electron chi connectivity index (χ2n) is 7.45. The zero-order chi connectivity index (χ0) is 19.2. The van der Waals surface area contributed by atoms with Crippen LogP contribution in [0.15, 0.2) is 30.3 Å². The quantitative estimate of drug-likeness (QED) is 0.829. The molecule has 1 atom stereocenters. The molecule has 0 spiro atoms. The molecule has 0 bridgehead atoms. The molecule has 2 fully saturated rings. The summed E-state index contributed by atoms with van der Waals surface area (Å²) in [6.45, 7) is 2.47. The Bertz CT molecular complexity index is 671. The first-order chi connectivity index (χ1) is 13.0. The molecular weight excluding hydrogens is 344 g/mol. The van der Waals surface area contributed by atoms with Crippen LogP contribution in [0.3, 0.4) is 0 Å². The summed E-state index contributed by atoms with van der Waals surface area (Å²) in [6.07, 6.45) is 3.51. The smallest absolute Gasteiger partial charge is 0.312 e. The molecule has 1 aromatic carbocycles. The molecule has 3 rings (SSSR count). The molecule has 4 amide bonds. The van der Waals surface area contributed by atoms with E-state index in [0.29, 0.717) is 26.1 Å². The van der Waals surface area contributed by atoms with Crippen LogP contribution >= 0.6 is 0 Å². The van der Waals surface area contributed by atoms with Gasteiger partial charge in [0.2, 0.25) is 11.8 Å². The van der Waals surface area contributed by atoms with Crippen molar-refractivity contribution < 1.29 is 14.4 Å². The second-order valence-corrected chi connectivity index (χ2v) is 7.45. The van der Waals surface area contributed by atoms with Crippen LogP contribution in [0, 0.1) is 5.92 Å². The Balaban J connectivity index is 1.51. The van der Waals surface area contributed by atoms with Gasteiger partial charge in [-0.05, 0) is 31.2 Å². The van der Waals surface area contributed by atoms with E-state index in [1.807, 2.05) is 40.1 Å². The third-order valence-corrected chi connectivity index (χ3v) is 5.47. The van der Waals surface area contributed by atoms with Crippen LogP contribution in [0.25, 0.3) is 0 Å². The first kappa shape index (κ1) is 19.2. The number of piperidine rings is 2. The number of urea groups is 1. The van der Waals surface area contributed by atoms with E-state index in [2.05, 4.69) is 5.32 Å². The van der Waals surface area contributed by atoms with E-state index in [1.54, 1.807) is 0 Å². The Morgan fingerprint density at radius 2 is 1.70 bits per heavy atom. The number of benzene rings is 1. The van der Waals surface area contributed by atoms with Crippen molar-refractivity contribution in [1.29, 1.82) is 0 Å². The normalized spacial score (nSPS) is 21.0. The van der Waals surface area contributed by atoms with Crippen LogP contribution in [0.1, 0.15) is 31.2 Å². The highest BCUT2D eigenvalue weighted by Gasteiger charge is 2.33. The number of rotatable bonds is 4. The largest absolute Gasteiger partial charge is 0.352 e. The fourth-order valence-electron chi connectivity index (χ4n) is 3.99. The first-order valence-corrected chi connectivity index (χ1v) is 9.69.